The topological polar surface area (TPSA) is 66.9 Å². The van der Waals surface area contributed by atoms with Crippen LogP contribution in [0.3, 0.4) is 0 Å². The third-order valence-electron chi connectivity index (χ3n) is 3.56. The molecular weight excluding hydrogens is 288 g/mol. The van der Waals surface area contributed by atoms with E-state index >= 15 is 0 Å². The first-order valence-electron chi connectivity index (χ1n) is 7.52. The summed E-state index contributed by atoms with van der Waals surface area (Å²) in [6, 6.07) is 13.6. The Labute approximate surface area is 134 Å². The second-order valence-electron chi connectivity index (χ2n) is 5.27. The van der Waals surface area contributed by atoms with E-state index in [9.17, 15) is 4.79 Å². The maximum atomic E-state index is 11.9. The molecule has 5 heteroatoms. The zero-order chi connectivity index (χ0) is 16.1. The van der Waals surface area contributed by atoms with E-state index in [-0.39, 0.29) is 5.91 Å². The Morgan fingerprint density at radius 1 is 1.13 bits per heavy atom. The van der Waals surface area contributed by atoms with Crippen LogP contribution in [0, 0.1) is 6.92 Å². The van der Waals surface area contributed by atoms with Gasteiger partial charge in [-0.05, 0) is 36.8 Å². The highest BCUT2D eigenvalue weighted by molar-refractivity contribution is 5.93. The summed E-state index contributed by atoms with van der Waals surface area (Å²) in [6.07, 6.45) is 3.20. The van der Waals surface area contributed by atoms with Gasteiger partial charge < -0.3 is 10.6 Å². The van der Waals surface area contributed by atoms with Crippen LogP contribution in [0.2, 0.25) is 0 Å². The van der Waals surface area contributed by atoms with Crippen molar-refractivity contribution in [1.29, 1.82) is 0 Å². The summed E-state index contributed by atoms with van der Waals surface area (Å²) in [5.41, 5.74) is 2.71. The van der Waals surface area contributed by atoms with E-state index in [1.165, 1.54) is 5.56 Å². The van der Waals surface area contributed by atoms with Crippen molar-refractivity contribution in [3.63, 3.8) is 0 Å². The van der Waals surface area contributed by atoms with Crippen molar-refractivity contribution in [2.45, 2.75) is 6.92 Å². The molecule has 1 aromatic carbocycles. The fraction of sp³-hybridized carbons (Fsp3) is 0.167. The number of nitrogens with zero attached hydrogens (tertiary/aromatic N) is 2. The lowest BCUT2D eigenvalue weighted by Gasteiger charge is -2.10. The first-order valence-corrected chi connectivity index (χ1v) is 7.52. The molecule has 0 saturated heterocycles. The Hall–Kier alpha value is -2.95. The molecule has 0 fully saturated rings. The molecular formula is C18H18N4O. The fourth-order valence-corrected chi connectivity index (χ4v) is 2.41. The van der Waals surface area contributed by atoms with Crippen LogP contribution in [0.25, 0.3) is 10.9 Å². The van der Waals surface area contributed by atoms with Crippen molar-refractivity contribution in [1.82, 2.24) is 15.3 Å². The average Bonchev–Trinajstić information content (AvgIpc) is 2.59. The van der Waals surface area contributed by atoms with E-state index in [1.807, 2.05) is 24.3 Å². The lowest BCUT2D eigenvalue weighted by atomic mass is 10.1. The van der Waals surface area contributed by atoms with Crippen molar-refractivity contribution in [3.8, 4) is 0 Å². The highest BCUT2D eigenvalue weighted by Gasteiger charge is 2.04. The summed E-state index contributed by atoms with van der Waals surface area (Å²) in [7, 11) is 0. The zero-order valence-electron chi connectivity index (χ0n) is 12.9. The van der Waals surface area contributed by atoms with Crippen LogP contribution in [-0.4, -0.2) is 29.0 Å². The largest absolute Gasteiger partial charge is 0.368 e. The van der Waals surface area contributed by atoms with E-state index < -0.39 is 0 Å². The molecule has 5 nitrogen and oxygen atoms in total. The van der Waals surface area contributed by atoms with Gasteiger partial charge in [0.2, 0.25) is 0 Å². The second kappa shape index (κ2) is 6.87. The molecule has 2 heterocycles. The van der Waals surface area contributed by atoms with Gasteiger partial charge in [0, 0.05) is 30.9 Å². The number of fused-ring (bicyclic) bond motifs is 1. The number of carbonyl (C=O) groups is 1. The van der Waals surface area contributed by atoms with Crippen LogP contribution < -0.4 is 10.6 Å². The minimum Gasteiger partial charge on any atom is -0.368 e. The standard InChI is InChI=1S/C18H18N4O/c1-13-11-17(22-16-7-3-2-6-15(13)16)20-9-10-21-18(23)14-5-4-8-19-12-14/h2-8,11-12H,9-10H2,1H3,(H,20,22)(H,21,23). The summed E-state index contributed by atoms with van der Waals surface area (Å²) in [5, 5.41) is 7.25. The Bertz CT molecular complexity index is 818. The minimum absolute atomic E-state index is 0.123. The molecule has 23 heavy (non-hydrogen) atoms. The van der Waals surface area contributed by atoms with Crippen LogP contribution in [0.4, 0.5) is 5.82 Å². The van der Waals surface area contributed by atoms with Crippen molar-refractivity contribution >= 4 is 22.6 Å². The number of nitrogens with one attached hydrogen (secondary N) is 2. The smallest absolute Gasteiger partial charge is 0.252 e. The van der Waals surface area contributed by atoms with Gasteiger partial charge in [0.25, 0.3) is 5.91 Å². The molecule has 116 valence electrons. The number of rotatable bonds is 5. The number of para-hydroxylation sites is 1. The molecule has 3 rings (SSSR count). The maximum Gasteiger partial charge on any atom is 0.252 e. The van der Waals surface area contributed by atoms with Crippen molar-refractivity contribution < 1.29 is 4.79 Å². The number of amides is 1. The first-order chi connectivity index (χ1) is 11.2. The second-order valence-corrected chi connectivity index (χ2v) is 5.27. The predicted octanol–water partition coefficient (Wildman–Crippen LogP) is 2.78. The number of anilines is 1. The average molecular weight is 306 g/mol. The van der Waals surface area contributed by atoms with Crippen LogP contribution in [0.1, 0.15) is 15.9 Å². The molecule has 0 aliphatic rings. The quantitative estimate of drug-likeness (QED) is 0.711. The van der Waals surface area contributed by atoms with Crippen molar-refractivity contribution in [2.75, 3.05) is 18.4 Å². The van der Waals surface area contributed by atoms with E-state index in [4.69, 9.17) is 0 Å². The van der Waals surface area contributed by atoms with Gasteiger partial charge >= 0.3 is 0 Å². The lowest BCUT2D eigenvalue weighted by molar-refractivity contribution is 0.0955. The minimum atomic E-state index is -0.123. The van der Waals surface area contributed by atoms with Gasteiger partial charge in [0.1, 0.15) is 5.82 Å². The van der Waals surface area contributed by atoms with E-state index in [0.29, 0.717) is 18.7 Å². The van der Waals surface area contributed by atoms with Crippen molar-refractivity contribution in [3.05, 3.63) is 66.0 Å². The van der Waals surface area contributed by atoms with E-state index in [1.54, 1.807) is 24.5 Å². The molecule has 0 saturated carbocycles. The number of hydrogen-bond donors (Lipinski definition) is 2. The molecule has 3 aromatic rings. The molecule has 0 spiro atoms. The Kier molecular flexibility index (Phi) is 4.47. The number of hydrogen-bond acceptors (Lipinski definition) is 4. The van der Waals surface area contributed by atoms with Gasteiger partial charge in [-0.1, -0.05) is 18.2 Å². The van der Waals surface area contributed by atoms with Gasteiger partial charge in [-0.3, -0.25) is 9.78 Å². The number of aromatic nitrogens is 2. The normalized spacial score (nSPS) is 10.5. The zero-order valence-corrected chi connectivity index (χ0v) is 12.9. The van der Waals surface area contributed by atoms with E-state index in [2.05, 4.69) is 33.6 Å². The maximum absolute atomic E-state index is 11.9. The summed E-state index contributed by atoms with van der Waals surface area (Å²) < 4.78 is 0. The molecule has 0 radical (unpaired) electrons. The Morgan fingerprint density at radius 2 is 2.00 bits per heavy atom. The van der Waals surface area contributed by atoms with Crippen LogP contribution in [-0.2, 0) is 0 Å². The molecule has 0 aliphatic heterocycles. The highest BCUT2D eigenvalue weighted by atomic mass is 16.1. The number of pyridine rings is 2. The molecule has 0 aliphatic carbocycles. The van der Waals surface area contributed by atoms with Gasteiger partial charge in [-0.25, -0.2) is 4.98 Å². The summed E-state index contributed by atoms with van der Waals surface area (Å²) in [6.45, 7) is 3.19. The fourth-order valence-electron chi connectivity index (χ4n) is 2.41. The molecule has 1 amide bonds. The van der Waals surface area contributed by atoms with Gasteiger partial charge in [-0.15, -0.1) is 0 Å². The molecule has 0 unspecified atom stereocenters. The predicted molar refractivity (Wildman–Crippen MR) is 91.5 cm³/mol. The van der Waals surface area contributed by atoms with Gasteiger partial charge in [0.05, 0.1) is 11.1 Å². The summed E-state index contributed by atoms with van der Waals surface area (Å²) in [4.78, 5) is 20.4. The SMILES string of the molecule is Cc1cc(NCCNC(=O)c2cccnc2)nc2ccccc12. The molecule has 2 N–H and O–H groups in total. The third-order valence-corrected chi connectivity index (χ3v) is 3.56. The van der Waals surface area contributed by atoms with Crippen molar-refractivity contribution in [2.24, 2.45) is 0 Å². The van der Waals surface area contributed by atoms with Crippen LogP contribution >= 0.6 is 0 Å². The Morgan fingerprint density at radius 3 is 2.83 bits per heavy atom. The summed E-state index contributed by atoms with van der Waals surface area (Å²) >= 11 is 0. The van der Waals surface area contributed by atoms with Crippen LogP contribution in [0.15, 0.2) is 54.9 Å². The molecule has 2 aromatic heterocycles. The lowest BCUT2D eigenvalue weighted by Crippen LogP contribution is -2.28. The highest BCUT2D eigenvalue weighted by Crippen LogP contribution is 2.19. The van der Waals surface area contributed by atoms with E-state index in [0.717, 1.165) is 16.7 Å². The summed E-state index contributed by atoms with van der Waals surface area (Å²) in [5.74, 6) is 0.694. The van der Waals surface area contributed by atoms with Gasteiger partial charge in [-0.2, -0.15) is 0 Å². The van der Waals surface area contributed by atoms with Crippen LogP contribution in [0.5, 0.6) is 0 Å². The number of benzene rings is 1. The molecule has 0 atom stereocenters. The first kappa shape index (κ1) is 15.0. The third kappa shape index (κ3) is 3.63. The number of aryl methyl sites for hydroxylation is 1. The van der Waals surface area contributed by atoms with Gasteiger partial charge in [0.15, 0.2) is 0 Å². The number of carbonyl (C=O) groups excluding carboxylic acids is 1. The molecule has 0 bridgehead atoms. The monoisotopic (exact) mass is 306 g/mol. The Balaban J connectivity index is 1.56.